The van der Waals surface area contributed by atoms with E-state index in [4.69, 9.17) is 4.74 Å². The zero-order valence-corrected chi connectivity index (χ0v) is 23.7. The summed E-state index contributed by atoms with van der Waals surface area (Å²) in [5.41, 5.74) is 2.75. The molecule has 1 N–H and O–H groups in total. The molecule has 1 unspecified atom stereocenters. The first-order valence-corrected chi connectivity index (χ1v) is 15.7. The molecule has 0 bridgehead atoms. The topological polar surface area (TPSA) is 101 Å². The fourth-order valence-corrected chi connectivity index (χ4v) is 8.00. The van der Waals surface area contributed by atoms with Crippen LogP contribution in [0.1, 0.15) is 25.7 Å². The molecule has 42 heavy (non-hydrogen) atoms. The molecular weight excluding hydrogens is 571 g/mol. The average molecular weight is 604 g/mol. The van der Waals surface area contributed by atoms with Crippen LogP contribution >= 0.6 is 0 Å². The molecule has 0 radical (unpaired) electrons. The lowest BCUT2D eigenvalue weighted by Crippen LogP contribution is -2.45. The normalized spacial score (nSPS) is 19.4. The SMILES string of the molecule is O=S(=O)(CC1CCN(c2cc[nH]c3cnc4nccc4c23)CC1)N1CCCC(COc2ccc(OC(F)(F)F)cc2)C1. The van der Waals surface area contributed by atoms with Crippen LogP contribution in [0.5, 0.6) is 11.5 Å². The molecule has 5 heterocycles. The minimum absolute atomic E-state index is 0.00152. The Morgan fingerprint density at radius 2 is 1.71 bits per heavy atom. The lowest BCUT2D eigenvalue weighted by Gasteiger charge is -2.36. The fourth-order valence-electron chi connectivity index (χ4n) is 6.01. The van der Waals surface area contributed by atoms with Crippen molar-refractivity contribution in [3.8, 4) is 11.5 Å². The van der Waals surface area contributed by atoms with E-state index < -0.39 is 16.4 Å². The van der Waals surface area contributed by atoms with Crippen LogP contribution in [0.4, 0.5) is 18.9 Å². The Kier molecular flexibility index (Phi) is 7.88. The number of aromatic amines is 1. The van der Waals surface area contributed by atoms with Crippen molar-refractivity contribution in [2.75, 3.05) is 43.4 Å². The Bertz CT molecular complexity index is 1640. The molecular formula is C29H32F3N5O4S. The summed E-state index contributed by atoms with van der Waals surface area (Å²) in [7, 11) is -3.45. The number of rotatable bonds is 8. The number of anilines is 1. The molecule has 2 saturated heterocycles. The molecule has 3 aromatic heterocycles. The van der Waals surface area contributed by atoms with Crippen LogP contribution in [-0.4, -0.2) is 72.6 Å². The molecule has 6 rings (SSSR count). The first-order valence-electron chi connectivity index (χ1n) is 14.1. The zero-order valence-electron chi connectivity index (χ0n) is 22.9. The van der Waals surface area contributed by atoms with Crippen LogP contribution in [0.3, 0.4) is 0 Å². The molecule has 4 aromatic rings. The van der Waals surface area contributed by atoms with Gasteiger partial charge in [0.1, 0.15) is 11.5 Å². The number of ether oxygens (including phenoxy) is 2. The number of fused-ring (bicyclic) bond motifs is 3. The summed E-state index contributed by atoms with van der Waals surface area (Å²) in [5.74, 6) is 0.289. The number of nitrogens with zero attached hydrogens (tertiary/aromatic N) is 4. The number of pyridine rings is 2. The highest BCUT2D eigenvalue weighted by Crippen LogP contribution is 2.34. The molecule has 1 atom stereocenters. The average Bonchev–Trinajstić information content (AvgIpc) is 3.46. The zero-order chi connectivity index (χ0) is 29.3. The van der Waals surface area contributed by atoms with Gasteiger partial charge in [0.05, 0.1) is 24.1 Å². The summed E-state index contributed by atoms with van der Waals surface area (Å²) in [4.78, 5) is 14.3. The van der Waals surface area contributed by atoms with Gasteiger partial charge < -0.3 is 19.4 Å². The first-order chi connectivity index (χ1) is 20.1. The van der Waals surface area contributed by atoms with Gasteiger partial charge in [-0.25, -0.2) is 22.7 Å². The molecule has 0 amide bonds. The van der Waals surface area contributed by atoms with Crippen LogP contribution < -0.4 is 14.4 Å². The van der Waals surface area contributed by atoms with Crippen molar-refractivity contribution in [3.05, 3.63) is 55.0 Å². The smallest absolute Gasteiger partial charge is 0.493 e. The Labute approximate surface area is 241 Å². The Balaban J connectivity index is 1.03. The summed E-state index contributed by atoms with van der Waals surface area (Å²) in [6.07, 6.45) is 3.84. The van der Waals surface area contributed by atoms with E-state index in [2.05, 4.69) is 30.7 Å². The third kappa shape index (κ3) is 6.41. The number of aromatic nitrogens is 3. The van der Waals surface area contributed by atoms with Gasteiger partial charge in [0, 0.05) is 61.0 Å². The summed E-state index contributed by atoms with van der Waals surface area (Å²) in [6, 6.07) is 9.26. The highest BCUT2D eigenvalue weighted by atomic mass is 32.2. The third-order valence-electron chi connectivity index (χ3n) is 8.09. The number of H-pyrrole nitrogens is 1. The second kappa shape index (κ2) is 11.6. The van der Waals surface area contributed by atoms with E-state index in [0.717, 1.165) is 60.7 Å². The van der Waals surface area contributed by atoms with Crippen molar-refractivity contribution < 1.29 is 31.1 Å². The third-order valence-corrected chi connectivity index (χ3v) is 10.1. The number of hydrogen-bond donors (Lipinski definition) is 1. The van der Waals surface area contributed by atoms with E-state index in [1.165, 1.54) is 24.3 Å². The van der Waals surface area contributed by atoms with E-state index in [1.807, 2.05) is 12.3 Å². The molecule has 0 saturated carbocycles. The van der Waals surface area contributed by atoms with Crippen LogP contribution in [0.25, 0.3) is 21.9 Å². The number of piperidine rings is 2. The van der Waals surface area contributed by atoms with Gasteiger partial charge in [-0.05, 0) is 68.0 Å². The molecule has 2 aliphatic heterocycles. The maximum Gasteiger partial charge on any atom is 0.573 e. The minimum Gasteiger partial charge on any atom is -0.493 e. The van der Waals surface area contributed by atoms with Gasteiger partial charge in [-0.15, -0.1) is 13.2 Å². The van der Waals surface area contributed by atoms with Gasteiger partial charge >= 0.3 is 6.36 Å². The van der Waals surface area contributed by atoms with Crippen molar-refractivity contribution in [1.82, 2.24) is 19.3 Å². The summed E-state index contributed by atoms with van der Waals surface area (Å²) in [6.45, 7) is 2.68. The number of halogens is 3. The highest BCUT2D eigenvalue weighted by Gasteiger charge is 2.33. The van der Waals surface area contributed by atoms with Gasteiger partial charge in [-0.2, -0.15) is 0 Å². The molecule has 0 aliphatic carbocycles. The maximum atomic E-state index is 13.4. The van der Waals surface area contributed by atoms with E-state index in [-0.39, 0.29) is 29.9 Å². The fraction of sp³-hybridized carbons (Fsp3) is 0.448. The predicted molar refractivity (Wildman–Crippen MR) is 153 cm³/mol. The monoisotopic (exact) mass is 603 g/mol. The van der Waals surface area contributed by atoms with Gasteiger partial charge in [0.15, 0.2) is 5.65 Å². The van der Waals surface area contributed by atoms with Crippen molar-refractivity contribution >= 4 is 37.6 Å². The van der Waals surface area contributed by atoms with Crippen LogP contribution in [-0.2, 0) is 10.0 Å². The lowest BCUT2D eigenvalue weighted by molar-refractivity contribution is -0.274. The van der Waals surface area contributed by atoms with Gasteiger partial charge in [-0.3, -0.25) is 0 Å². The van der Waals surface area contributed by atoms with Gasteiger partial charge in [0.2, 0.25) is 10.0 Å². The van der Waals surface area contributed by atoms with Crippen molar-refractivity contribution in [1.29, 1.82) is 0 Å². The molecule has 224 valence electrons. The summed E-state index contributed by atoms with van der Waals surface area (Å²) in [5, 5.41) is 2.08. The lowest BCUT2D eigenvalue weighted by atomic mass is 9.98. The number of alkyl halides is 3. The molecule has 9 nitrogen and oxygen atoms in total. The number of sulfonamides is 1. The van der Waals surface area contributed by atoms with E-state index in [0.29, 0.717) is 24.5 Å². The van der Waals surface area contributed by atoms with Crippen LogP contribution in [0.15, 0.2) is 55.0 Å². The summed E-state index contributed by atoms with van der Waals surface area (Å²) >= 11 is 0. The van der Waals surface area contributed by atoms with Gasteiger partial charge in [0.25, 0.3) is 0 Å². The largest absolute Gasteiger partial charge is 0.573 e. The van der Waals surface area contributed by atoms with E-state index in [1.54, 1.807) is 16.7 Å². The second-order valence-corrected chi connectivity index (χ2v) is 13.0. The standard InChI is InChI=1S/C29H32F3N5O4S/c30-29(31,32)41-23-5-3-22(4-6-23)40-18-21-2-1-13-37(17-21)42(38,39)19-20-9-14-36(15-10-20)26-8-12-33-25-16-35-28-24(27(25)26)7-11-34-28/h3-8,11-12,16,20-21,33H,1-2,9-10,13-15,17-19H2. The Morgan fingerprint density at radius 1 is 0.952 bits per heavy atom. The highest BCUT2D eigenvalue weighted by molar-refractivity contribution is 7.89. The number of nitrogens with one attached hydrogen (secondary N) is 1. The maximum absolute atomic E-state index is 13.4. The van der Waals surface area contributed by atoms with Crippen LogP contribution in [0.2, 0.25) is 0 Å². The molecule has 0 spiro atoms. The second-order valence-electron chi connectivity index (χ2n) is 11.0. The van der Waals surface area contributed by atoms with Crippen molar-refractivity contribution in [3.63, 3.8) is 0 Å². The molecule has 1 aromatic carbocycles. The summed E-state index contributed by atoms with van der Waals surface area (Å²) < 4.78 is 75.2. The first kappa shape index (κ1) is 28.5. The predicted octanol–water partition coefficient (Wildman–Crippen LogP) is 5.35. The van der Waals surface area contributed by atoms with E-state index >= 15 is 0 Å². The molecule has 2 aliphatic rings. The Hall–Kier alpha value is -3.58. The number of benzene rings is 1. The quantitative estimate of drug-likeness (QED) is 0.290. The molecule has 13 heteroatoms. The van der Waals surface area contributed by atoms with Crippen molar-refractivity contribution in [2.24, 2.45) is 11.8 Å². The van der Waals surface area contributed by atoms with Crippen molar-refractivity contribution in [2.45, 2.75) is 32.0 Å². The van der Waals surface area contributed by atoms with Crippen LogP contribution in [0, 0.1) is 11.8 Å². The Morgan fingerprint density at radius 3 is 2.48 bits per heavy atom. The number of hydrogen-bond acceptors (Lipinski definition) is 7. The van der Waals surface area contributed by atoms with Gasteiger partial charge in [-0.1, -0.05) is 0 Å². The van der Waals surface area contributed by atoms with E-state index in [9.17, 15) is 21.6 Å². The molecule has 2 fully saturated rings. The minimum atomic E-state index is -4.75.